The van der Waals surface area contributed by atoms with Gasteiger partial charge in [0, 0.05) is 5.56 Å². The molecule has 24 heavy (non-hydrogen) atoms. The van der Waals surface area contributed by atoms with Gasteiger partial charge in [0.2, 0.25) is 4.96 Å². The van der Waals surface area contributed by atoms with Crippen LogP contribution < -0.4 is 4.74 Å². The van der Waals surface area contributed by atoms with E-state index in [4.69, 9.17) is 4.74 Å². The molecule has 2 aromatic carbocycles. The van der Waals surface area contributed by atoms with Gasteiger partial charge in [0.1, 0.15) is 17.4 Å². The second-order valence-electron chi connectivity index (χ2n) is 5.69. The SMILES string of the molecule is Cc1ccc(OCc2nnc3sc(-c4ccc(C)cc4)nn23)cc1. The highest BCUT2D eigenvalue weighted by molar-refractivity contribution is 7.19. The number of hydrogen-bond donors (Lipinski definition) is 0. The van der Waals surface area contributed by atoms with Gasteiger partial charge in [0.15, 0.2) is 5.82 Å². The summed E-state index contributed by atoms with van der Waals surface area (Å²) in [7, 11) is 0. The van der Waals surface area contributed by atoms with E-state index in [1.54, 1.807) is 4.52 Å². The highest BCUT2D eigenvalue weighted by Gasteiger charge is 2.13. The molecule has 0 fully saturated rings. The molecule has 0 saturated carbocycles. The van der Waals surface area contributed by atoms with Crippen molar-refractivity contribution >= 4 is 16.3 Å². The van der Waals surface area contributed by atoms with Gasteiger partial charge in [-0.2, -0.15) is 9.61 Å². The lowest BCUT2D eigenvalue weighted by Gasteiger charge is -2.04. The van der Waals surface area contributed by atoms with Crippen LogP contribution in [0.25, 0.3) is 15.5 Å². The lowest BCUT2D eigenvalue weighted by molar-refractivity contribution is 0.293. The van der Waals surface area contributed by atoms with Crippen molar-refractivity contribution in [2.24, 2.45) is 0 Å². The van der Waals surface area contributed by atoms with E-state index in [1.165, 1.54) is 22.5 Å². The van der Waals surface area contributed by atoms with Crippen molar-refractivity contribution in [2.45, 2.75) is 20.5 Å². The second kappa shape index (κ2) is 6.05. The van der Waals surface area contributed by atoms with Crippen LogP contribution in [0, 0.1) is 13.8 Å². The number of aryl methyl sites for hydroxylation is 2. The first-order valence-electron chi connectivity index (χ1n) is 7.67. The fraction of sp³-hybridized carbons (Fsp3) is 0.167. The molecule has 2 aromatic heterocycles. The van der Waals surface area contributed by atoms with Gasteiger partial charge < -0.3 is 4.74 Å². The average molecular weight is 336 g/mol. The highest BCUT2D eigenvalue weighted by atomic mass is 32.1. The van der Waals surface area contributed by atoms with Gasteiger partial charge in [-0.3, -0.25) is 0 Å². The summed E-state index contributed by atoms with van der Waals surface area (Å²) in [5.41, 5.74) is 3.52. The van der Waals surface area contributed by atoms with Crippen LogP contribution in [0.4, 0.5) is 0 Å². The summed E-state index contributed by atoms with van der Waals surface area (Å²) in [5, 5.41) is 13.9. The van der Waals surface area contributed by atoms with E-state index in [0.717, 1.165) is 21.3 Å². The summed E-state index contributed by atoms with van der Waals surface area (Å²) in [6.45, 7) is 4.46. The van der Waals surface area contributed by atoms with E-state index in [-0.39, 0.29) is 0 Å². The minimum atomic E-state index is 0.335. The molecule has 0 bridgehead atoms. The third kappa shape index (κ3) is 2.88. The maximum absolute atomic E-state index is 5.79. The zero-order valence-electron chi connectivity index (χ0n) is 13.4. The summed E-state index contributed by atoms with van der Waals surface area (Å²) in [4.78, 5) is 0.771. The molecule has 0 aliphatic rings. The van der Waals surface area contributed by atoms with Gasteiger partial charge in [-0.15, -0.1) is 10.2 Å². The third-order valence-electron chi connectivity index (χ3n) is 3.74. The lowest BCUT2D eigenvalue weighted by atomic mass is 10.2. The number of nitrogens with zero attached hydrogens (tertiary/aromatic N) is 4. The molecule has 6 heteroatoms. The van der Waals surface area contributed by atoms with Crippen LogP contribution in [0.15, 0.2) is 48.5 Å². The van der Waals surface area contributed by atoms with Crippen LogP contribution >= 0.6 is 11.3 Å². The quantitative estimate of drug-likeness (QED) is 0.564. The summed E-state index contributed by atoms with van der Waals surface area (Å²) >= 11 is 1.52. The van der Waals surface area contributed by atoms with Crippen LogP contribution in [-0.4, -0.2) is 19.8 Å². The molecular weight excluding hydrogens is 320 g/mol. The number of rotatable bonds is 4. The minimum absolute atomic E-state index is 0.335. The molecule has 0 saturated heterocycles. The molecule has 0 atom stereocenters. The molecule has 0 unspecified atom stereocenters. The molecule has 0 radical (unpaired) electrons. The number of benzene rings is 2. The van der Waals surface area contributed by atoms with Gasteiger partial charge in [0.25, 0.3) is 0 Å². The first-order valence-corrected chi connectivity index (χ1v) is 8.48. The normalized spacial score (nSPS) is 11.1. The molecule has 4 rings (SSSR count). The van der Waals surface area contributed by atoms with Gasteiger partial charge in [0.05, 0.1) is 0 Å². The minimum Gasteiger partial charge on any atom is -0.486 e. The van der Waals surface area contributed by atoms with Crippen molar-refractivity contribution in [3.8, 4) is 16.3 Å². The molecule has 0 amide bonds. The Kier molecular flexibility index (Phi) is 3.74. The summed E-state index contributed by atoms with van der Waals surface area (Å²) in [6.07, 6.45) is 0. The molecule has 5 nitrogen and oxygen atoms in total. The second-order valence-corrected chi connectivity index (χ2v) is 6.64. The van der Waals surface area contributed by atoms with Crippen molar-refractivity contribution < 1.29 is 4.74 Å². The zero-order valence-corrected chi connectivity index (χ0v) is 14.2. The first-order chi connectivity index (χ1) is 11.7. The topological polar surface area (TPSA) is 52.3 Å². The van der Waals surface area contributed by atoms with E-state index in [0.29, 0.717) is 12.4 Å². The van der Waals surface area contributed by atoms with Crippen LogP contribution in [0.3, 0.4) is 0 Å². The van der Waals surface area contributed by atoms with Crippen molar-refractivity contribution in [1.29, 1.82) is 0 Å². The Morgan fingerprint density at radius 1 is 0.917 bits per heavy atom. The number of hydrogen-bond acceptors (Lipinski definition) is 5. The summed E-state index contributed by atoms with van der Waals surface area (Å²) in [5.74, 6) is 1.51. The van der Waals surface area contributed by atoms with E-state index >= 15 is 0 Å². The van der Waals surface area contributed by atoms with E-state index in [9.17, 15) is 0 Å². The Bertz CT molecular complexity index is 971. The molecule has 4 aromatic rings. The van der Waals surface area contributed by atoms with Crippen molar-refractivity contribution in [1.82, 2.24) is 19.8 Å². The fourth-order valence-corrected chi connectivity index (χ4v) is 3.21. The fourth-order valence-electron chi connectivity index (χ4n) is 2.34. The molecular formula is C18H16N4OS. The van der Waals surface area contributed by atoms with E-state index in [1.807, 2.05) is 31.2 Å². The largest absolute Gasteiger partial charge is 0.486 e. The lowest BCUT2D eigenvalue weighted by Crippen LogP contribution is -2.02. The predicted octanol–water partition coefficient (Wildman–Crippen LogP) is 4.05. The highest BCUT2D eigenvalue weighted by Crippen LogP contribution is 2.26. The molecule has 0 N–H and O–H groups in total. The Morgan fingerprint density at radius 3 is 2.29 bits per heavy atom. The van der Waals surface area contributed by atoms with E-state index in [2.05, 4.69) is 46.5 Å². The maximum Gasteiger partial charge on any atom is 0.235 e. The van der Waals surface area contributed by atoms with E-state index < -0.39 is 0 Å². The summed E-state index contributed by atoms with van der Waals surface area (Å²) in [6, 6.07) is 16.3. The van der Waals surface area contributed by atoms with Crippen LogP contribution in [0.2, 0.25) is 0 Å². The molecule has 0 aliphatic carbocycles. The average Bonchev–Trinajstić information content (AvgIpc) is 3.16. The predicted molar refractivity (Wildman–Crippen MR) is 94.3 cm³/mol. The van der Waals surface area contributed by atoms with Crippen molar-refractivity contribution in [2.75, 3.05) is 0 Å². The van der Waals surface area contributed by atoms with Crippen molar-refractivity contribution in [3.05, 3.63) is 65.5 Å². The maximum atomic E-state index is 5.79. The molecule has 0 spiro atoms. The standard InChI is InChI=1S/C18H16N4OS/c1-12-3-7-14(8-4-12)17-21-22-16(19-20-18(22)24-17)11-23-15-9-5-13(2)6-10-15/h3-10H,11H2,1-2H3. The van der Waals surface area contributed by atoms with Gasteiger partial charge in [-0.05, 0) is 26.0 Å². The van der Waals surface area contributed by atoms with Crippen LogP contribution in [0.5, 0.6) is 5.75 Å². The number of aromatic nitrogens is 4. The van der Waals surface area contributed by atoms with Gasteiger partial charge in [-0.25, -0.2) is 0 Å². The smallest absolute Gasteiger partial charge is 0.235 e. The monoisotopic (exact) mass is 336 g/mol. The molecule has 120 valence electrons. The molecule has 0 aliphatic heterocycles. The Hall–Kier alpha value is -2.73. The van der Waals surface area contributed by atoms with Crippen LogP contribution in [-0.2, 0) is 6.61 Å². The summed E-state index contributed by atoms with van der Waals surface area (Å²) < 4.78 is 7.54. The Morgan fingerprint density at radius 2 is 1.58 bits per heavy atom. The van der Waals surface area contributed by atoms with Crippen molar-refractivity contribution in [3.63, 3.8) is 0 Å². The Labute approximate surface area is 143 Å². The first kappa shape index (κ1) is 14.8. The Balaban J connectivity index is 1.58. The third-order valence-corrected chi connectivity index (χ3v) is 4.69. The number of ether oxygens (including phenoxy) is 1. The van der Waals surface area contributed by atoms with Crippen LogP contribution in [0.1, 0.15) is 17.0 Å². The van der Waals surface area contributed by atoms with Gasteiger partial charge in [-0.1, -0.05) is 58.9 Å². The number of fused-ring (bicyclic) bond motifs is 1. The van der Waals surface area contributed by atoms with Gasteiger partial charge >= 0.3 is 0 Å². The molecule has 2 heterocycles. The zero-order chi connectivity index (χ0) is 16.5.